The highest BCUT2D eigenvalue weighted by Crippen LogP contribution is 2.11. The zero-order valence-electron chi connectivity index (χ0n) is 8.88. The second-order valence-corrected chi connectivity index (χ2v) is 3.68. The Morgan fingerprint density at radius 1 is 1.80 bits per heavy atom. The van der Waals surface area contributed by atoms with Crippen molar-refractivity contribution in [2.24, 2.45) is 5.92 Å². The highest BCUT2D eigenvalue weighted by Gasteiger charge is 2.25. The van der Waals surface area contributed by atoms with Gasteiger partial charge in [0.15, 0.2) is 0 Å². The summed E-state index contributed by atoms with van der Waals surface area (Å²) in [5.74, 6) is 2.34. The van der Waals surface area contributed by atoms with Crippen molar-refractivity contribution in [2.45, 2.75) is 32.2 Å². The van der Waals surface area contributed by atoms with Gasteiger partial charge in [-0.15, -0.1) is 6.42 Å². The largest absolute Gasteiger partial charge is 0.355 e. The summed E-state index contributed by atoms with van der Waals surface area (Å²) in [5, 5.41) is 5.45. The fourth-order valence-corrected chi connectivity index (χ4v) is 1.51. The highest BCUT2D eigenvalue weighted by molar-refractivity contribution is 5.84. The number of amides is 2. The van der Waals surface area contributed by atoms with Crippen LogP contribution in [0.2, 0.25) is 0 Å². The van der Waals surface area contributed by atoms with E-state index < -0.39 is 0 Å². The zero-order chi connectivity index (χ0) is 11.3. The summed E-state index contributed by atoms with van der Waals surface area (Å²) in [6.07, 6.45) is 7.00. The number of nitrogens with one attached hydrogen (secondary N) is 2. The molecule has 0 aromatic heterocycles. The summed E-state index contributed by atoms with van der Waals surface area (Å²) in [6.45, 7) is 2.35. The molecule has 0 spiro atoms. The summed E-state index contributed by atoms with van der Waals surface area (Å²) < 4.78 is 0. The molecule has 1 rings (SSSR count). The minimum absolute atomic E-state index is 0.0167. The molecule has 0 radical (unpaired) electrons. The van der Waals surface area contributed by atoms with Gasteiger partial charge in [-0.25, -0.2) is 0 Å². The number of carbonyl (C=O) groups excluding carboxylic acids is 2. The highest BCUT2D eigenvalue weighted by atomic mass is 16.2. The van der Waals surface area contributed by atoms with Crippen molar-refractivity contribution in [2.75, 3.05) is 6.54 Å². The molecule has 82 valence electrons. The van der Waals surface area contributed by atoms with Crippen molar-refractivity contribution in [1.29, 1.82) is 0 Å². The Morgan fingerprint density at radius 3 is 3.00 bits per heavy atom. The number of carbonyl (C=O) groups is 2. The van der Waals surface area contributed by atoms with E-state index in [2.05, 4.69) is 16.6 Å². The van der Waals surface area contributed by atoms with E-state index in [1.165, 1.54) is 0 Å². The first-order chi connectivity index (χ1) is 7.17. The fourth-order valence-electron chi connectivity index (χ4n) is 1.51. The molecule has 1 aliphatic heterocycles. The monoisotopic (exact) mass is 208 g/mol. The van der Waals surface area contributed by atoms with Crippen LogP contribution in [-0.4, -0.2) is 24.4 Å². The first-order valence-electron chi connectivity index (χ1n) is 5.20. The molecule has 0 aliphatic carbocycles. The molecule has 2 unspecified atom stereocenters. The van der Waals surface area contributed by atoms with Gasteiger partial charge in [0.25, 0.3) is 0 Å². The molecule has 2 N–H and O–H groups in total. The van der Waals surface area contributed by atoms with E-state index >= 15 is 0 Å². The predicted octanol–water partition coefficient (Wildman–Crippen LogP) is 0.0406. The maximum Gasteiger partial charge on any atom is 0.225 e. The van der Waals surface area contributed by atoms with E-state index in [9.17, 15) is 9.59 Å². The molecule has 2 atom stereocenters. The molecule has 1 aliphatic rings. The van der Waals surface area contributed by atoms with Gasteiger partial charge in [0.2, 0.25) is 11.8 Å². The van der Waals surface area contributed by atoms with Gasteiger partial charge in [0.1, 0.15) is 0 Å². The lowest BCUT2D eigenvalue weighted by Crippen LogP contribution is -2.45. The Labute approximate surface area is 89.8 Å². The topological polar surface area (TPSA) is 58.2 Å². The Hall–Kier alpha value is -1.50. The van der Waals surface area contributed by atoms with Crippen LogP contribution in [0.15, 0.2) is 0 Å². The lowest BCUT2D eigenvalue weighted by Gasteiger charge is -2.23. The lowest BCUT2D eigenvalue weighted by atomic mass is 9.98. The number of terminal acetylenes is 1. The van der Waals surface area contributed by atoms with Gasteiger partial charge >= 0.3 is 0 Å². The molecule has 2 amide bonds. The van der Waals surface area contributed by atoms with E-state index in [1.54, 1.807) is 0 Å². The van der Waals surface area contributed by atoms with Gasteiger partial charge in [-0.05, 0) is 12.8 Å². The van der Waals surface area contributed by atoms with Crippen LogP contribution in [0.5, 0.6) is 0 Å². The van der Waals surface area contributed by atoms with Gasteiger partial charge in [0, 0.05) is 13.0 Å². The van der Waals surface area contributed by atoms with E-state index in [0.29, 0.717) is 19.4 Å². The maximum absolute atomic E-state index is 11.7. The van der Waals surface area contributed by atoms with Gasteiger partial charge in [-0.1, -0.05) is 12.8 Å². The van der Waals surface area contributed by atoms with Gasteiger partial charge < -0.3 is 10.6 Å². The van der Waals surface area contributed by atoms with E-state index in [0.717, 1.165) is 6.42 Å². The SMILES string of the molecule is C#CC(CC)NC(=O)C1CCC(=O)NC1. The summed E-state index contributed by atoms with van der Waals surface area (Å²) >= 11 is 0. The fraction of sp³-hybridized carbons (Fsp3) is 0.636. The van der Waals surface area contributed by atoms with E-state index in [-0.39, 0.29) is 23.8 Å². The van der Waals surface area contributed by atoms with Crippen molar-refractivity contribution < 1.29 is 9.59 Å². The third-order valence-corrected chi connectivity index (χ3v) is 2.56. The summed E-state index contributed by atoms with van der Waals surface area (Å²) in [5.41, 5.74) is 0. The Kier molecular flexibility index (Phi) is 4.17. The molecule has 1 saturated heterocycles. The number of piperidine rings is 1. The Morgan fingerprint density at radius 2 is 2.53 bits per heavy atom. The number of hydrogen-bond donors (Lipinski definition) is 2. The summed E-state index contributed by atoms with van der Waals surface area (Å²) in [7, 11) is 0. The molecule has 1 heterocycles. The van der Waals surface area contributed by atoms with Crippen LogP contribution in [0.1, 0.15) is 26.2 Å². The Balaban J connectivity index is 2.41. The van der Waals surface area contributed by atoms with Gasteiger partial charge in [-0.3, -0.25) is 9.59 Å². The minimum Gasteiger partial charge on any atom is -0.355 e. The quantitative estimate of drug-likeness (QED) is 0.643. The smallest absolute Gasteiger partial charge is 0.225 e. The lowest BCUT2D eigenvalue weighted by molar-refractivity contribution is -0.129. The molecule has 4 nitrogen and oxygen atoms in total. The molecule has 0 saturated carbocycles. The van der Waals surface area contributed by atoms with Crippen molar-refractivity contribution in [3.05, 3.63) is 0 Å². The number of hydrogen-bond acceptors (Lipinski definition) is 2. The first-order valence-corrected chi connectivity index (χ1v) is 5.20. The summed E-state index contributed by atoms with van der Waals surface area (Å²) in [6, 6.07) is -0.199. The molecular weight excluding hydrogens is 192 g/mol. The van der Waals surface area contributed by atoms with Crippen LogP contribution in [0.4, 0.5) is 0 Å². The third kappa shape index (κ3) is 3.28. The van der Waals surface area contributed by atoms with Crippen LogP contribution < -0.4 is 10.6 Å². The first kappa shape index (κ1) is 11.6. The van der Waals surface area contributed by atoms with E-state index in [1.807, 2.05) is 6.92 Å². The molecule has 0 aromatic carbocycles. The Bertz CT molecular complexity index is 283. The second-order valence-electron chi connectivity index (χ2n) is 3.68. The van der Waals surface area contributed by atoms with Crippen LogP contribution in [0.3, 0.4) is 0 Å². The van der Waals surface area contributed by atoms with Crippen LogP contribution >= 0.6 is 0 Å². The normalized spacial score (nSPS) is 22.4. The molecule has 15 heavy (non-hydrogen) atoms. The second kappa shape index (κ2) is 5.40. The predicted molar refractivity (Wildman–Crippen MR) is 56.8 cm³/mol. The molecule has 4 heteroatoms. The van der Waals surface area contributed by atoms with Crippen LogP contribution in [0, 0.1) is 18.3 Å². The van der Waals surface area contributed by atoms with Crippen LogP contribution in [0.25, 0.3) is 0 Å². The molecule has 1 fully saturated rings. The average molecular weight is 208 g/mol. The van der Waals surface area contributed by atoms with Crippen molar-refractivity contribution in [1.82, 2.24) is 10.6 Å². The van der Waals surface area contributed by atoms with Crippen molar-refractivity contribution in [3.8, 4) is 12.3 Å². The minimum atomic E-state index is -0.199. The number of rotatable bonds is 3. The van der Waals surface area contributed by atoms with Crippen molar-refractivity contribution in [3.63, 3.8) is 0 Å². The van der Waals surface area contributed by atoms with E-state index in [4.69, 9.17) is 6.42 Å². The maximum atomic E-state index is 11.7. The van der Waals surface area contributed by atoms with Crippen LogP contribution in [-0.2, 0) is 9.59 Å². The molecule has 0 bridgehead atoms. The van der Waals surface area contributed by atoms with Gasteiger partial charge in [0.05, 0.1) is 12.0 Å². The van der Waals surface area contributed by atoms with Gasteiger partial charge in [-0.2, -0.15) is 0 Å². The molecular formula is C11H16N2O2. The summed E-state index contributed by atoms with van der Waals surface area (Å²) in [4.78, 5) is 22.6. The third-order valence-electron chi connectivity index (χ3n) is 2.56. The average Bonchev–Trinajstić information content (AvgIpc) is 2.26. The molecule has 0 aromatic rings. The zero-order valence-corrected chi connectivity index (χ0v) is 8.88. The van der Waals surface area contributed by atoms with Crippen molar-refractivity contribution >= 4 is 11.8 Å². The standard InChI is InChI=1S/C11H16N2O2/c1-3-9(4-2)13-11(15)8-5-6-10(14)12-7-8/h1,8-9H,4-7H2,2H3,(H,12,14)(H,13,15).